The average molecular weight is 209 g/mol. The number of esters is 1. The highest BCUT2D eigenvalue weighted by Crippen LogP contribution is 2.18. The van der Waals surface area contributed by atoms with E-state index in [1.54, 1.807) is 31.4 Å². The Labute approximate surface area is 88.2 Å². The molecule has 0 bridgehead atoms. The third kappa shape index (κ3) is 6.05. The average Bonchev–Trinajstić information content (AvgIpc) is 2.29. The van der Waals surface area contributed by atoms with Crippen LogP contribution in [0.15, 0.2) is 24.3 Å². The van der Waals surface area contributed by atoms with Crippen molar-refractivity contribution in [3.8, 4) is 5.75 Å². The Morgan fingerprint density at radius 3 is 2.40 bits per heavy atom. The van der Waals surface area contributed by atoms with Crippen LogP contribution in [0.4, 0.5) is 5.69 Å². The Balaban J connectivity index is 0.000000336. The van der Waals surface area contributed by atoms with Crippen molar-refractivity contribution in [2.24, 2.45) is 0 Å². The molecule has 0 heterocycles. The highest BCUT2D eigenvalue weighted by molar-refractivity contribution is 5.65. The molecule has 0 N–H and O–H groups in total. The van der Waals surface area contributed by atoms with Crippen molar-refractivity contribution in [1.29, 1.82) is 5.39 Å². The zero-order valence-electron chi connectivity index (χ0n) is 8.93. The van der Waals surface area contributed by atoms with Crippen molar-refractivity contribution in [2.45, 2.75) is 6.92 Å². The number of nitrogens with zero attached hydrogens (tertiary/aromatic N) is 2. The first-order chi connectivity index (χ1) is 7.13. The molecule has 0 unspecified atom stereocenters. The first-order valence-corrected chi connectivity index (χ1v) is 4.17. The van der Waals surface area contributed by atoms with E-state index in [9.17, 15) is 4.79 Å². The molecule has 1 rings (SSSR count). The van der Waals surface area contributed by atoms with Crippen LogP contribution in [-0.4, -0.2) is 20.2 Å². The quantitative estimate of drug-likeness (QED) is 0.526. The van der Waals surface area contributed by atoms with Crippen LogP contribution in [0, 0.1) is 5.39 Å². The van der Waals surface area contributed by atoms with Gasteiger partial charge in [0.15, 0.2) is 4.98 Å². The van der Waals surface area contributed by atoms with E-state index in [2.05, 4.69) is 9.71 Å². The van der Waals surface area contributed by atoms with Gasteiger partial charge in [0.25, 0.3) is 0 Å². The second-order valence-corrected chi connectivity index (χ2v) is 2.50. The molecule has 15 heavy (non-hydrogen) atoms. The van der Waals surface area contributed by atoms with Crippen LogP contribution in [0.1, 0.15) is 6.92 Å². The van der Waals surface area contributed by atoms with Crippen LogP contribution >= 0.6 is 0 Å². The van der Waals surface area contributed by atoms with Gasteiger partial charge in [-0.15, -0.1) is 0 Å². The third-order valence-electron chi connectivity index (χ3n) is 1.46. The Bertz CT molecular complexity index is 358. The number of hydrogen-bond donors (Lipinski definition) is 0. The fourth-order valence-electron chi connectivity index (χ4n) is 0.673. The number of rotatable bonds is 1. The zero-order chi connectivity index (χ0) is 11.7. The molecule has 0 aromatic heterocycles. The first kappa shape index (κ1) is 12.9. The van der Waals surface area contributed by atoms with Crippen molar-refractivity contribution in [3.05, 3.63) is 29.2 Å². The molecule has 1 aromatic rings. The minimum absolute atomic E-state index is 0.245. The van der Waals surface area contributed by atoms with Crippen LogP contribution < -0.4 is 4.74 Å². The molecule has 0 aliphatic heterocycles. The van der Waals surface area contributed by atoms with Crippen molar-refractivity contribution in [3.63, 3.8) is 0 Å². The van der Waals surface area contributed by atoms with Gasteiger partial charge >= 0.3 is 11.7 Å². The molecule has 80 valence electrons. The molecule has 0 spiro atoms. The lowest BCUT2D eigenvalue weighted by Crippen LogP contribution is -1.88. The number of ether oxygens (including phenoxy) is 2. The number of diazo groups is 1. The number of carbonyl (C=O) groups is 1. The summed E-state index contributed by atoms with van der Waals surface area (Å²) < 4.78 is 9.00. The van der Waals surface area contributed by atoms with E-state index in [-0.39, 0.29) is 5.97 Å². The van der Waals surface area contributed by atoms with Crippen molar-refractivity contribution in [1.82, 2.24) is 0 Å². The predicted molar refractivity (Wildman–Crippen MR) is 55.4 cm³/mol. The summed E-state index contributed by atoms with van der Waals surface area (Å²) in [6, 6.07) is 6.87. The Hall–Kier alpha value is -2.09. The van der Waals surface area contributed by atoms with E-state index in [0.717, 1.165) is 0 Å². The summed E-state index contributed by atoms with van der Waals surface area (Å²) in [5, 5.41) is 8.33. The maximum atomic E-state index is 9.59. The molecule has 0 fully saturated rings. The van der Waals surface area contributed by atoms with Crippen LogP contribution in [0.25, 0.3) is 4.98 Å². The molecule has 5 nitrogen and oxygen atoms in total. The van der Waals surface area contributed by atoms with Gasteiger partial charge in [-0.3, -0.25) is 4.79 Å². The van der Waals surface area contributed by atoms with Gasteiger partial charge in [0, 0.05) is 13.0 Å². The molecular formula is C10H13N2O3+. The molecule has 5 heteroatoms. The van der Waals surface area contributed by atoms with E-state index < -0.39 is 0 Å². The largest absolute Gasteiger partial charge is 0.496 e. The van der Waals surface area contributed by atoms with Crippen molar-refractivity contribution < 1.29 is 14.3 Å². The topological polar surface area (TPSA) is 63.7 Å². The SMILES string of the molecule is COC(C)=O.COc1cccc([N+]#N)c1. The third-order valence-corrected chi connectivity index (χ3v) is 1.46. The van der Waals surface area contributed by atoms with E-state index in [0.29, 0.717) is 11.4 Å². The Morgan fingerprint density at radius 1 is 1.40 bits per heavy atom. The molecule has 0 aliphatic carbocycles. The number of hydrogen-bond acceptors (Lipinski definition) is 4. The monoisotopic (exact) mass is 209 g/mol. The lowest BCUT2D eigenvalue weighted by molar-refractivity contribution is -0.137. The number of methoxy groups -OCH3 is 2. The molecule has 0 aliphatic rings. The van der Waals surface area contributed by atoms with Crippen molar-refractivity contribution >= 4 is 11.7 Å². The summed E-state index contributed by atoms with van der Waals surface area (Å²) in [6.07, 6.45) is 0. The first-order valence-electron chi connectivity index (χ1n) is 4.17. The molecule has 0 atom stereocenters. The lowest BCUT2D eigenvalue weighted by atomic mass is 10.3. The molecule has 0 amide bonds. The fourth-order valence-corrected chi connectivity index (χ4v) is 0.673. The molecule has 0 saturated carbocycles. The summed E-state index contributed by atoms with van der Waals surface area (Å²) >= 11 is 0. The minimum Gasteiger partial charge on any atom is -0.496 e. The molecular weight excluding hydrogens is 196 g/mol. The highest BCUT2D eigenvalue weighted by atomic mass is 16.5. The maximum absolute atomic E-state index is 9.59. The van der Waals surface area contributed by atoms with E-state index >= 15 is 0 Å². The van der Waals surface area contributed by atoms with E-state index in [4.69, 9.17) is 10.1 Å². The summed E-state index contributed by atoms with van der Waals surface area (Å²) in [5.41, 5.74) is 0.499. The fraction of sp³-hybridized carbons (Fsp3) is 0.300. The van der Waals surface area contributed by atoms with E-state index in [1.807, 2.05) is 0 Å². The van der Waals surface area contributed by atoms with Crippen LogP contribution in [0.2, 0.25) is 0 Å². The van der Waals surface area contributed by atoms with Gasteiger partial charge in [-0.05, 0) is 6.07 Å². The predicted octanol–water partition coefficient (Wildman–Crippen LogP) is 2.36. The van der Waals surface area contributed by atoms with Gasteiger partial charge < -0.3 is 9.47 Å². The van der Waals surface area contributed by atoms with Gasteiger partial charge in [0.05, 0.1) is 20.3 Å². The van der Waals surface area contributed by atoms with Crippen LogP contribution in [0.5, 0.6) is 5.75 Å². The summed E-state index contributed by atoms with van der Waals surface area (Å²) in [5.74, 6) is 0.445. The van der Waals surface area contributed by atoms with Crippen LogP contribution in [0.3, 0.4) is 0 Å². The Kier molecular flexibility index (Phi) is 6.31. The minimum atomic E-state index is -0.245. The normalized spacial score (nSPS) is 7.87. The molecule has 1 aromatic carbocycles. The number of carbonyl (C=O) groups excluding carboxylic acids is 1. The summed E-state index contributed by atoms with van der Waals surface area (Å²) in [7, 11) is 2.92. The zero-order valence-corrected chi connectivity index (χ0v) is 8.93. The summed E-state index contributed by atoms with van der Waals surface area (Å²) in [6.45, 7) is 1.36. The molecule has 0 saturated heterocycles. The Morgan fingerprint density at radius 2 is 2.00 bits per heavy atom. The smallest absolute Gasteiger partial charge is 0.388 e. The van der Waals surface area contributed by atoms with Crippen molar-refractivity contribution in [2.75, 3.05) is 14.2 Å². The van der Waals surface area contributed by atoms with Gasteiger partial charge in [-0.2, -0.15) is 0 Å². The van der Waals surface area contributed by atoms with E-state index in [1.165, 1.54) is 14.0 Å². The highest BCUT2D eigenvalue weighted by Gasteiger charge is 2.03. The lowest BCUT2D eigenvalue weighted by Gasteiger charge is -1.92. The summed E-state index contributed by atoms with van der Waals surface area (Å²) in [4.78, 5) is 12.6. The van der Waals surface area contributed by atoms with Gasteiger partial charge in [-0.25, -0.2) is 0 Å². The molecule has 0 radical (unpaired) electrons. The van der Waals surface area contributed by atoms with Gasteiger partial charge in [-0.1, -0.05) is 6.07 Å². The second-order valence-electron chi connectivity index (χ2n) is 2.50. The van der Waals surface area contributed by atoms with Gasteiger partial charge in [0.1, 0.15) is 5.75 Å². The number of benzene rings is 1. The maximum Gasteiger partial charge on any atom is 0.388 e. The van der Waals surface area contributed by atoms with Crippen LogP contribution in [-0.2, 0) is 9.53 Å². The standard InChI is InChI=1S/C7H7N2O.C3H6O2/c1-10-7-4-2-3-6(5-7)9-8;1-3(4)5-2/h2-5H,1H3;1-2H3/q+1;. The van der Waals surface area contributed by atoms with Gasteiger partial charge in [0.2, 0.25) is 5.39 Å². The second kappa shape index (κ2) is 7.33.